The second-order valence-corrected chi connectivity index (χ2v) is 5.66. The maximum Gasteiger partial charge on any atom is 0.257 e. The van der Waals surface area contributed by atoms with E-state index in [-0.39, 0.29) is 23.1 Å². The summed E-state index contributed by atoms with van der Waals surface area (Å²) in [5, 5.41) is 19.6. The second kappa shape index (κ2) is 5.28. The molecule has 0 aromatic heterocycles. The van der Waals surface area contributed by atoms with E-state index in [0.29, 0.717) is 13.1 Å². The molecule has 1 fully saturated rings. The van der Waals surface area contributed by atoms with Gasteiger partial charge in [0.1, 0.15) is 5.75 Å². The van der Waals surface area contributed by atoms with E-state index >= 15 is 0 Å². The average molecular weight is 314 g/mol. The third-order valence-corrected chi connectivity index (χ3v) is 3.89. The average Bonchev–Trinajstić information content (AvgIpc) is 2.32. The molecule has 0 saturated carbocycles. The van der Waals surface area contributed by atoms with E-state index < -0.39 is 6.10 Å². The highest BCUT2D eigenvalue weighted by Crippen LogP contribution is 2.25. The molecule has 1 aliphatic rings. The van der Waals surface area contributed by atoms with Crippen molar-refractivity contribution in [1.29, 1.82) is 0 Å². The lowest BCUT2D eigenvalue weighted by Gasteiger charge is -2.34. The highest BCUT2D eigenvalue weighted by molar-refractivity contribution is 9.10. The van der Waals surface area contributed by atoms with Crippen LogP contribution in [0.15, 0.2) is 22.7 Å². The Labute approximate surface area is 114 Å². The van der Waals surface area contributed by atoms with Crippen molar-refractivity contribution in [3.05, 3.63) is 28.2 Å². The van der Waals surface area contributed by atoms with Crippen molar-refractivity contribution in [2.24, 2.45) is 5.92 Å². The van der Waals surface area contributed by atoms with Gasteiger partial charge < -0.3 is 15.1 Å². The number of piperidine rings is 1. The van der Waals surface area contributed by atoms with Crippen molar-refractivity contribution >= 4 is 21.8 Å². The highest BCUT2D eigenvalue weighted by Gasteiger charge is 2.28. The van der Waals surface area contributed by atoms with E-state index in [2.05, 4.69) is 15.9 Å². The number of likely N-dealkylation sites (tertiary alicyclic amines) is 1. The maximum atomic E-state index is 12.2. The standard InChI is InChI=1S/C13H16BrNO3/c1-8-4-5-15(7-12(8)17)13(18)10-3-2-9(14)6-11(10)16/h2-3,6,8,12,16-17H,4-5,7H2,1H3. The molecule has 1 aliphatic heterocycles. The molecule has 2 N–H and O–H groups in total. The topological polar surface area (TPSA) is 60.8 Å². The van der Waals surface area contributed by atoms with Crippen LogP contribution in [-0.2, 0) is 0 Å². The Morgan fingerprint density at radius 1 is 1.50 bits per heavy atom. The molecule has 1 aromatic rings. The molecule has 0 spiro atoms. The van der Waals surface area contributed by atoms with Gasteiger partial charge in [-0.2, -0.15) is 0 Å². The van der Waals surface area contributed by atoms with Crippen LogP contribution in [0.4, 0.5) is 0 Å². The van der Waals surface area contributed by atoms with Gasteiger partial charge in [0.15, 0.2) is 0 Å². The molecule has 1 amide bonds. The molecule has 98 valence electrons. The molecule has 0 bridgehead atoms. The van der Waals surface area contributed by atoms with Gasteiger partial charge in [-0.3, -0.25) is 4.79 Å². The fourth-order valence-electron chi connectivity index (χ4n) is 2.09. The van der Waals surface area contributed by atoms with Crippen LogP contribution in [0.25, 0.3) is 0 Å². The predicted molar refractivity (Wildman–Crippen MR) is 71.5 cm³/mol. The third-order valence-electron chi connectivity index (χ3n) is 3.40. The molecule has 0 aliphatic carbocycles. The largest absolute Gasteiger partial charge is 0.507 e. The Kier molecular flexibility index (Phi) is 3.92. The molecule has 0 radical (unpaired) electrons. The van der Waals surface area contributed by atoms with E-state index in [1.165, 1.54) is 6.07 Å². The third kappa shape index (κ3) is 2.67. The number of halogens is 1. The number of nitrogens with zero attached hydrogens (tertiary/aromatic N) is 1. The first-order valence-corrected chi connectivity index (χ1v) is 6.74. The maximum absolute atomic E-state index is 12.2. The van der Waals surface area contributed by atoms with Gasteiger partial charge >= 0.3 is 0 Å². The molecule has 4 nitrogen and oxygen atoms in total. The number of hydrogen-bond acceptors (Lipinski definition) is 3. The minimum absolute atomic E-state index is 0.0394. The molecule has 1 heterocycles. The summed E-state index contributed by atoms with van der Waals surface area (Å²) in [4.78, 5) is 13.8. The first-order valence-electron chi connectivity index (χ1n) is 5.95. The zero-order chi connectivity index (χ0) is 13.3. The Morgan fingerprint density at radius 3 is 2.83 bits per heavy atom. The number of aromatic hydroxyl groups is 1. The lowest BCUT2D eigenvalue weighted by molar-refractivity contribution is 0.0247. The van der Waals surface area contributed by atoms with Gasteiger partial charge in [-0.1, -0.05) is 22.9 Å². The van der Waals surface area contributed by atoms with Crippen LogP contribution in [0, 0.1) is 5.92 Å². The predicted octanol–water partition coefficient (Wildman–Crippen LogP) is 2.00. The summed E-state index contributed by atoms with van der Waals surface area (Å²) < 4.78 is 0.726. The molecule has 18 heavy (non-hydrogen) atoms. The highest BCUT2D eigenvalue weighted by atomic mass is 79.9. The minimum atomic E-state index is -0.486. The molecule has 2 atom stereocenters. The zero-order valence-corrected chi connectivity index (χ0v) is 11.7. The van der Waals surface area contributed by atoms with Crippen LogP contribution >= 0.6 is 15.9 Å². The summed E-state index contributed by atoms with van der Waals surface area (Å²) in [6.07, 6.45) is 0.296. The van der Waals surface area contributed by atoms with E-state index in [1.807, 2.05) is 6.92 Å². The van der Waals surface area contributed by atoms with Crippen LogP contribution in [0.5, 0.6) is 5.75 Å². The van der Waals surface area contributed by atoms with Crippen LogP contribution < -0.4 is 0 Å². The van der Waals surface area contributed by atoms with Crippen LogP contribution in [0.1, 0.15) is 23.7 Å². The summed E-state index contributed by atoms with van der Waals surface area (Å²) in [6.45, 7) is 2.92. The van der Waals surface area contributed by atoms with Crippen molar-refractivity contribution in [2.45, 2.75) is 19.4 Å². The van der Waals surface area contributed by atoms with Crippen LogP contribution in [-0.4, -0.2) is 40.2 Å². The summed E-state index contributed by atoms with van der Waals surface area (Å²) >= 11 is 3.23. The first kappa shape index (κ1) is 13.4. The number of carbonyl (C=O) groups excluding carboxylic acids is 1. The van der Waals surface area contributed by atoms with Gasteiger partial charge in [-0.15, -0.1) is 0 Å². The first-order chi connectivity index (χ1) is 8.49. The Hall–Kier alpha value is -1.07. The van der Waals surface area contributed by atoms with Crippen LogP contribution in [0.3, 0.4) is 0 Å². The van der Waals surface area contributed by atoms with Crippen molar-refractivity contribution in [3.8, 4) is 5.75 Å². The molecule has 5 heteroatoms. The van der Waals surface area contributed by atoms with E-state index in [4.69, 9.17) is 0 Å². The van der Waals surface area contributed by atoms with Crippen molar-refractivity contribution in [3.63, 3.8) is 0 Å². The number of phenolic OH excluding ortho intramolecular Hbond substituents is 1. The molecule has 1 aromatic carbocycles. The number of phenols is 1. The number of rotatable bonds is 1. The molecule has 1 saturated heterocycles. The van der Waals surface area contributed by atoms with Crippen LogP contribution in [0.2, 0.25) is 0 Å². The normalized spacial score (nSPS) is 24.1. The van der Waals surface area contributed by atoms with E-state index in [1.54, 1.807) is 17.0 Å². The number of benzene rings is 1. The number of aliphatic hydroxyl groups is 1. The van der Waals surface area contributed by atoms with Gasteiger partial charge in [-0.25, -0.2) is 0 Å². The Morgan fingerprint density at radius 2 is 2.22 bits per heavy atom. The lowest BCUT2D eigenvalue weighted by Crippen LogP contribution is -2.45. The number of amides is 1. The van der Waals surface area contributed by atoms with Gasteiger partial charge in [0.25, 0.3) is 5.91 Å². The number of carbonyl (C=O) groups is 1. The fraction of sp³-hybridized carbons (Fsp3) is 0.462. The fourth-order valence-corrected chi connectivity index (χ4v) is 2.44. The van der Waals surface area contributed by atoms with E-state index in [9.17, 15) is 15.0 Å². The number of β-amino-alcohol motifs (C(OH)–C–C–N with tert-alkyl or cyclic N) is 1. The quantitative estimate of drug-likeness (QED) is 0.833. The van der Waals surface area contributed by atoms with E-state index in [0.717, 1.165) is 10.9 Å². The molecular formula is C13H16BrNO3. The van der Waals surface area contributed by atoms with Gasteiger partial charge in [0, 0.05) is 17.6 Å². The summed E-state index contributed by atoms with van der Waals surface area (Å²) in [7, 11) is 0. The Balaban J connectivity index is 2.16. The summed E-state index contributed by atoms with van der Waals surface area (Å²) in [6, 6.07) is 4.80. The molecular weight excluding hydrogens is 298 g/mol. The number of aliphatic hydroxyl groups excluding tert-OH is 1. The number of hydrogen-bond donors (Lipinski definition) is 2. The van der Waals surface area contributed by atoms with Crippen molar-refractivity contribution in [1.82, 2.24) is 4.90 Å². The van der Waals surface area contributed by atoms with Crippen molar-refractivity contribution in [2.75, 3.05) is 13.1 Å². The molecule has 2 unspecified atom stereocenters. The SMILES string of the molecule is CC1CCN(C(=O)c2ccc(Br)cc2O)CC1O. The summed E-state index contributed by atoms with van der Waals surface area (Å²) in [5.41, 5.74) is 0.278. The van der Waals surface area contributed by atoms with Gasteiger partial charge in [0.2, 0.25) is 0 Å². The second-order valence-electron chi connectivity index (χ2n) is 4.75. The summed E-state index contributed by atoms with van der Waals surface area (Å²) in [5.74, 6) is -0.0546. The lowest BCUT2D eigenvalue weighted by atomic mass is 9.95. The minimum Gasteiger partial charge on any atom is -0.507 e. The van der Waals surface area contributed by atoms with Crippen molar-refractivity contribution < 1.29 is 15.0 Å². The molecule has 2 rings (SSSR count). The van der Waals surface area contributed by atoms with Gasteiger partial charge in [-0.05, 0) is 30.5 Å². The van der Waals surface area contributed by atoms with Gasteiger partial charge in [0.05, 0.1) is 11.7 Å². The zero-order valence-electron chi connectivity index (χ0n) is 10.1. The Bertz CT molecular complexity index is 464. The monoisotopic (exact) mass is 313 g/mol. The smallest absolute Gasteiger partial charge is 0.257 e.